The number of carboxylic acids is 1. The van der Waals surface area contributed by atoms with E-state index >= 15 is 0 Å². The number of rotatable bonds is 5. The number of hydrogen-bond acceptors (Lipinski definition) is 3. The second-order valence-electron chi connectivity index (χ2n) is 4.47. The third-order valence-corrected chi connectivity index (χ3v) is 2.90. The molecule has 0 fully saturated rings. The van der Waals surface area contributed by atoms with E-state index in [-0.39, 0.29) is 6.42 Å². The van der Waals surface area contributed by atoms with Crippen LogP contribution in [0.5, 0.6) is 0 Å². The van der Waals surface area contributed by atoms with E-state index in [0.717, 1.165) is 0 Å². The fraction of sp³-hybridized carbons (Fsp3) is 0.417. The fourth-order valence-electron chi connectivity index (χ4n) is 1.76. The van der Waals surface area contributed by atoms with Crippen molar-refractivity contribution in [1.82, 2.24) is 0 Å². The normalized spacial score (nSPS) is 13.1. The summed E-state index contributed by atoms with van der Waals surface area (Å²) in [5.41, 5.74) is -0.628. The first-order valence-electron chi connectivity index (χ1n) is 5.27. The second kappa shape index (κ2) is 4.95. The van der Waals surface area contributed by atoms with Gasteiger partial charge in [-0.15, -0.1) is 0 Å². The molecule has 1 atom stereocenters. The second-order valence-corrected chi connectivity index (χ2v) is 4.47. The molecule has 1 aromatic carbocycles. The Morgan fingerprint density at radius 1 is 1.41 bits per heavy atom. The summed E-state index contributed by atoms with van der Waals surface area (Å²) in [6, 6.07) is 8.73. The average Bonchev–Trinajstić information content (AvgIpc) is 2.26. The summed E-state index contributed by atoms with van der Waals surface area (Å²) in [6.45, 7) is 2.90. The van der Waals surface area contributed by atoms with Crippen LogP contribution in [0.4, 0.5) is 0 Å². The molecule has 1 unspecified atom stereocenters. The van der Waals surface area contributed by atoms with Gasteiger partial charge in [0.25, 0.3) is 0 Å². The van der Waals surface area contributed by atoms with Gasteiger partial charge in [0.15, 0.2) is 0 Å². The summed E-state index contributed by atoms with van der Waals surface area (Å²) in [6.07, 6.45) is -0.252. The van der Waals surface area contributed by atoms with Crippen LogP contribution in [0.25, 0.3) is 0 Å². The number of aliphatic carboxylic acids is 1. The molecule has 0 aliphatic rings. The molecule has 0 amide bonds. The SMILES string of the molecule is CC(C)(C(CC(=O)O)c1ccccc1)[N+](=O)[O-]. The van der Waals surface area contributed by atoms with Crippen molar-refractivity contribution in [2.75, 3.05) is 0 Å². The molecule has 5 heteroatoms. The van der Waals surface area contributed by atoms with E-state index in [1.807, 2.05) is 0 Å². The first-order chi connectivity index (χ1) is 7.85. The average molecular weight is 237 g/mol. The lowest BCUT2D eigenvalue weighted by Gasteiger charge is -2.25. The molecule has 0 aliphatic heterocycles. The van der Waals surface area contributed by atoms with E-state index in [4.69, 9.17) is 5.11 Å². The van der Waals surface area contributed by atoms with Crippen LogP contribution in [0.2, 0.25) is 0 Å². The highest BCUT2D eigenvalue weighted by Crippen LogP contribution is 2.33. The molecule has 0 heterocycles. The van der Waals surface area contributed by atoms with Crippen molar-refractivity contribution in [3.05, 3.63) is 46.0 Å². The summed E-state index contributed by atoms with van der Waals surface area (Å²) in [4.78, 5) is 21.4. The molecular weight excluding hydrogens is 222 g/mol. The van der Waals surface area contributed by atoms with Gasteiger partial charge < -0.3 is 5.11 Å². The highest BCUT2D eigenvalue weighted by atomic mass is 16.6. The zero-order valence-electron chi connectivity index (χ0n) is 9.79. The maximum absolute atomic E-state index is 11.0. The van der Waals surface area contributed by atoms with Gasteiger partial charge in [-0.2, -0.15) is 0 Å². The van der Waals surface area contributed by atoms with Gasteiger partial charge in [-0.1, -0.05) is 30.3 Å². The van der Waals surface area contributed by atoms with E-state index in [9.17, 15) is 14.9 Å². The molecule has 0 bridgehead atoms. The smallest absolute Gasteiger partial charge is 0.304 e. The van der Waals surface area contributed by atoms with E-state index in [1.165, 1.54) is 13.8 Å². The molecule has 0 saturated carbocycles. The molecule has 1 aromatic rings. The minimum Gasteiger partial charge on any atom is -0.481 e. The highest BCUT2D eigenvalue weighted by molar-refractivity contribution is 5.68. The standard InChI is InChI=1S/C12H15NO4/c1-12(2,13(16)17)10(8-11(14)15)9-6-4-3-5-7-9/h3-7,10H,8H2,1-2H3,(H,14,15). The Morgan fingerprint density at radius 2 is 1.94 bits per heavy atom. The van der Waals surface area contributed by atoms with Crippen molar-refractivity contribution in [2.45, 2.75) is 31.7 Å². The maximum Gasteiger partial charge on any atom is 0.304 e. The van der Waals surface area contributed by atoms with Gasteiger partial charge in [0, 0.05) is 18.8 Å². The van der Waals surface area contributed by atoms with Crippen molar-refractivity contribution in [2.24, 2.45) is 0 Å². The van der Waals surface area contributed by atoms with Gasteiger partial charge in [0.2, 0.25) is 5.54 Å². The molecule has 0 aromatic heterocycles. The quantitative estimate of drug-likeness (QED) is 0.629. The van der Waals surface area contributed by atoms with Gasteiger partial charge in [-0.3, -0.25) is 14.9 Å². The van der Waals surface area contributed by atoms with Crippen molar-refractivity contribution in [3.63, 3.8) is 0 Å². The summed E-state index contributed by atoms with van der Waals surface area (Å²) < 4.78 is 0. The van der Waals surface area contributed by atoms with E-state index in [2.05, 4.69) is 0 Å². The van der Waals surface area contributed by atoms with Crippen LogP contribution in [-0.4, -0.2) is 21.5 Å². The number of nitrogens with zero attached hydrogens (tertiary/aromatic N) is 1. The number of carbonyl (C=O) groups is 1. The topological polar surface area (TPSA) is 80.4 Å². The largest absolute Gasteiger partial charge is 0.481 e. The number of nitro groups is 1. The molecule has 1 rings (SSSR count). The third kappa shape index (κ3) is 3.03. The predicted octanol–water partition coefficient (Wildman–Crippen LogP) is 2.30. The van der Waals surface area contributed by atoms with Crippen LogP contribution >= 0.6 is 0 Å². The lowest BCUT2D eigenvalue weighted by molar-refractivity contribution is -0.565. The first kappa shape index (κ1) is 13.2. The number of carboxylic acid groups (broad SMARTS) is 1. The van der Waals surface area contributed by atoms with Crippen LogP contribution in [0, 0.1) is 10.1 Å². The van der Waals surface area contributed by atoms with Crippen molar-refractivity contribution in [3.8, 4) is 0 Å². The van der Waals surface area contributed by atoms with Gasteiger partial charge >= 0.3 is 5.97 Å². The van der Waals surface area contributed by atoms with E-state index in [0.29, 0.717) is 5.56 Å². The Morgan fingerprint density at radius 3 is 2.35 bits per heavy atom. The molecule has 5 nitrogen and oxygen atoms in total. The minimum absolute atomic E-state index is 0.252. The lowest BCUT2D eigenvalue weighted by Crippen LogP contribution is -2.39. The Hall–Kier alpha value is -1.91. The van der Waals surface area contributed by atoms with Crippen LogP contribution in [-0.2, 0) is 4.79 Å². The molecule has 17 heavy (non-hydrogen) atoms. The zero-order chi connectivity index (χ0) is 13.1. The zero-order valence-corrected chi connectivity index (χ0v) is 9.79. The van der Waals surface area contributed by atoms with Crippen LogP contribution in [0.15, 0.2) is 30.3 Å². The van der Waals surface area contributed by atoms with Gasteiger partial charge in [-0.25, -0.2) is 0 Å². The number of hydrogen-bond donors (Lipinski definition) is 1. The van der Waals surface area contributed by atoms with Gasteiger partial charge in [-0.05, 0) is 5.56 Å². The van der Waals surface area contributed by atoms with E-state index < -0.39 is 22.3 Å². The highest BCUT2D eigenvalue weighted by Gasteiger charge is 2.42. The summed E-state index contributed by atoms with van der Waals surface area (Å²) >= 11 is 0. The lowest BCUT2D eigenvalue weighted by atomic mass is 9.80. The predicted molar refractivity (Wildman–Crippen MR) is 62.5 cm³/mol. The first-order valence-corrected chi connectivity index (χ1v) is 5.27. The van der Waals surface area contributed by atoms with Crippen LogP contribution in [0.1, 0.15) is 31.7 Å². The Balaban J connectivity index is 3.13. The maximum atomic E-state index is 11.0. The van der Waals surface area contributed by atoms with E-state index in [1.54, 1.807) is 30.3 Å². The summed E-state index contributed by atoms with van der Waals surface area (Å²) in [5, 5.41) is 19.9. The summed E-state index contributed by atoms with van der Waals surface area (Å²) in [7, 11) is 0. The molecule has 92 valence electrons. The minimum atomic E-state index is -1.31. The Labute approximate surface area is 99.2 Å². The fourth-order valence-corrected chi connectivity index (χ4v) is 1.76. The molecule has 0 radical (unpaired) electrons. The molecular formula is C12H15NO4. The molecule has 0 aliphatic carbocycles. The molecule has 0 spiro atoms. The Kier molecular flexibility index (Phi) is 3.83. The summed E-state index contributed by atoms with van der Waals surface area (Å²) in [5.74, 6) is -1.68. The number of benzene rings is 1. The Bertz CT molecular complexity index is 414. The third-order valence-electron chi connectivity index (χ3n) is 2.90. The van der Waals surface area contributed by atoms with Gasteiger partial charge in [0.1, 0.15) is 0 Å². The van der Waals surface area contributed by atoms with Crippen LogP contribution in [0.3, 0.4) is 0 Å². The molecule has 0 saturated heterocycles. The van der Waals surface area contributed by atoms with Crippen molar-refractivity contribution < 1.29 is 14.8 Å². The van der Waals surface area contributed by atoms with Crippen molar-refractivity contribution in [1.29, 1.82) is 0 Å². The molecule has 1 N–H and O–H groups in total. The van der Waals surface area contributed by atoms with Crippen LogP contribution < -0.4 is 0 Å². The monoisotopic (exact) mass is 237 g/mol. The van der Waals surface area contributed by atoms with Crippen molar-refractivity contribution >= 4 is 5.97 Å². The van der Waals surface area contributed by atoms with Gasteiger partial charge in [0.05, 0.1) is 12.3 Å².